The number of nitrogens with zero attached hydrogens (tertiary/aromatic N) is 1. The van der Waals surface area contributed by atoms with Crippen LogP contribution in [-0.2, 0) is 32.7 Å². The van der Waals surface area contributed by atoms with Crippen molar-refractivity contribution in [1.82, 2.24) is 15.6 Å². The molecule has 2 heterocycles. The molecule has 0 aliphatic rings. The van der Waals surface area contributed by atoms with Crippen molar-refractivity contribution in [2.75, 3.05) is 7.11 Å². The van der Waals surface area contributed by atoms with Crippen molar-refractivity contribution in [3.05, 3.63) is 94.3 Å². The molecule has 205 valence electrons. The van der Waals surface area contributed by atoms with Crippen molar-refractivity contribution >= 4 is 74.5 Å². The van der Waals surface area contributed by atoms with E-state index in [0.29, 0.717) is 12.1 Å². The van der Waals surface area contributed by atoms with Crippen LogP contribution in [-0.4, -0.2) is 68.1 Å². The normalized spacial score (nSPS) is 12.4. The van der Waals surface area contributed by atoms with Crippen LogP contribution < -0.4 is 20.0 Å². The van der Waals surface area contributed by atoms with E-state index in [0.717, 1.165) is 21.0 Å². The van der Waals surface area contributed by atoms with Crippen LogP contribution in [0.1, 0.15) is 22.9 Å². The fourth-order valence-electron chi connectivity index (χ4n) is 3.77. The zero-order valence-electron chi connectivity index (χ0n) is 21.8. The van der Waals surface area contributed by atoms with Gasteiger partial charge in [0.15, 0.2) is 0 Å². The monoisotopic (exact) mass is 609 g/mol. The molecule has 0 saturated heterocycles. The number of ether oxygens (including phenoxy) is 1. The van der Waals surface area contributed by atoms with Crippen LogP contribution in [0.2, 0.25) is 0 Å². The number of thiophene rings is 1. The number of benzene rings is 2. The van der Waals surface area contributed by atoms with Crippen LogP contribution in [0, 0.1) is 0 Å². The Kier molecular flexibility index (Phi) is 11.7. The van der Waals surface area contributed by atoms with E-state index in [1.54, 1.807) is 23.5 Å². The van der Waals surface area contributed by atoms with E-state index in [1.807, 2.05) is 53.2 Å². The average molecular weight is 610 g/mol. The molecule has 2 aromatic carbocycles. The molecule has 0 saturated carbocycles. The Balaban J connectivity index is 0.00000441. The van der Waals surface area contributed by atoms with E-state index >= 15 is 0 Å². The number of nitrogens with two attached hydrogens (primary N) is 1. The zero-order valence-corrected chi connectivity index (χ0v) is 26.2. The van der Waals surface area contributed by atoms with Gasteiger partial charge in [-0.3, -0.25) is 4.79 Å². The Labute approximate surface area is 262 Å². The van der Waals surface area contributed by atoms with Crippen molar-refractivity contribution in [2.24, 2.45) is 5.14 Å². The summed E-state index contributed by atoms with van der Waals surface area (Å²) in [7, 11) is -2.91. The fraction of sp³-hybridized carbons (Fsp3) is 0.192. The molecule has 2 aromatic heterocycles. The molecule has 0 aliphatic heterocycles. The first kappa shape index (κ1) is 31.7. The van der Waals surface area contributed by atoms with E-state index in [2.05, 4.69) is 10.6 Å². The molecular weight excluding hydrogens is 583 g/mol. The molecular formula is C26H26N4NaO6S3. The number of methoxy groups -OCH3 is 1. The third-order valence-corrected chi connectivity index (χ3v) is 7.90. The molecule has 4 rings (SSSR count). The third kappa shape index (κ3) is 9.41. The van der Waals surface area contributed by atoms with E-state index in [1.165, 1.54) is 30.6 Å². The molecule has 2 amide bonds. The average Bonchev–Trinajstić information content (AvgIpc) is 3.61. The van der Waals surface area contributed by atoms with Crippen molar-refractivity contribution in [3.63, 3.8) is 0 Å². The zero-order chi connectivity index (χ0) is 27.8. The first-order valence-corrected chi connectivity index (χ1v) is 14.9. The largest absolute Gasteiger partial charge is 0.453 e. The summed E-state index contributed by atoms with van der Waals surface area (Å²) < 4.78 is 31.9. The number of hydrogen-bond donors (Lipinski definition) is 3. The standard InChI is InChI=1S/C26H26N4O6S3.Na/c1-35-26(32)30-21(15-17-6-3-2-4-7-17)24(31)28-20(22-16-38-25(29-22)23-8-5-13-37-23)14-18-9-11-19(12-10-18)36-39(27,33)34;/h2-13,16,20-21H,14-15H2,1H3,(H,28,31)(H,30,32)(H2,27,33,34);/t20-,21-;/m0./s1. The van der Waals surface area contributed by atoms with Crippen LogP contribution in [0.3, 0.4) is 0 Å². The van der Waals surface area contributed by atoms with Crippen LogP contribution in [0.25, 0.3) is 9.88 Å². The molecule has 4 aromatic rings. The molecule has 0 fully saturated rings. The summed E-state index contributed by atoms with van der Waals surface area (Å²) in [5.41, 5.74) is 2.30. The van der Waals surface area contributed by atoms with Crippen LogP contribution in [0.5, 0.6) is 5.75 Å². The molecule has 0 spiro atoms. The van der Waals surface area contributed by atoms with Crippen molar-refractivity contribution in [1.29, 1.82) is 0 Å². The molecule has 2 atom stereocenters. The number of hydrogen-bond acceptors (Lipinski definition) is 9. The molecule has 1 radical (unpaired) electrons. The van der Waals surface area contributed by atoms with Crippen molar-refractivity contribution in [3.8, 4) is 15.6 Å². The summed E-state index contributed by atoms with van der Waals surface area (Å²) in [6, 6.07) is 18.1. The van der Waals surface area contributed by atoms with E-state index in [-0.39, 0.29) is 41.7 Å². The van der Waals surface area contributed by atoms with E-state index in [9.17, 15) is 18.0 Å². The SMILES string of the molecule is COC(=O)N[C@@H](Cc1ccccc1)C(=O)N[C@@H](Cc1ccc(OS(N)(=O)=O)cc1)c1csc(-c2cccs2)n1.[Na]. The molecule has 10 nitrogen and oxygen atoms in total. The smallest absolute Gasteiger partial charge is 0.407 e. The number of thiazole rings is 1. The van der Waals surface area contributed by atoms with Gasteiger partial charge in [-0.25, -0.2) is 9.78 Å². The maximum atomic E-state index is 13.5. The second-order valence-electron chi connectivity index (χ2n) is 8.42. The number of carbonyl (C=O) groups excluding carboxylic acids is 2. The minimum absolute atomic E-state index is 0. The number of alkyl carbamates (subject to hydrolysis) is 1. The van der Waals surface area contributed by atoms with Gasteiger partial charge in [-0.2, -0.15) is 13.6 Å². The number of amides is 2. The maximum absolute atomic E-state index is 13.5. The summed E-state index contributed by atoms with van der Waals surface area (Å²) in [6.45, 7) is 0. The Morgan fingerprint density at radius 1 is 0.950 bits per heavy atom. The number of rotatable bonds is 11. The minimum atomic E-state index is -4.15. The number of aromatic nitrogens is 1. The molecule has 14 heteroatoms. The maximum Gasteiger partial charge on any atom is 0.407 e. The molecule has 40 heavy (non-hydrogen) atoms. The summed E-state index contributed by atoms with van der Waals surface area (Å²) >= 11 is 3.03. The van der Waals surface area contributed by atoms with Gasteiger partial charge in [-0.1, -0.05) is 48.5 Å². The number of nitrogens with one attached hydrogen (secondary N) is 2. The first-order valence-electron chi connectivity index (χ1n) is 11.7. The van der Waals surface area contributed by atoms with Crippen molar-refractivity contribution in [2.45, 2.75) is 24.9 Å². The Morgan fingerprint density at radius 2 is 1.65 bits per heavy atom. The van der Waals surface area contributed by atoms with Gasteiger partial charge < -0.3 is 19.6 Å². The Morgan fingerprint density at radius 3 is 2.27 bits per heavy atom. The predicted octanol–water partition coefficient (Wildman–Crippen LogP) is 3.44. The summed E-state index contributed by atoms with van der Waals surface area (Å²) in [4.78, 5) is 31.3. The van der Waals surface area contributed by atoms with E-state index < -0.39 is 34.4 Å². The van der Waals surface area contributed by atoms with Crippen LogP contribution >= 0.6 is 22.7 Å². The van der Waals surface area contributed by atoms with Gasteiger partial charge in [0.1, 0.15) is 16.8 Å². The summed E-state index contributed by atoms with van der Waals surface area (Å²) in [6.07, 6.45) is -0.126. The van der Waals surface area contributed by atoms with Gasteiger partial charge in [-0.15, -0.1) is 22.7 Å². The van der Waals surface area contributed by atoms with Crippen LogP contribution in [0.4, 0.5) is 4.79 Å². The molecule has 0 bridgehead atoms. The van der Waals surface area contributed by atoms with Crippen LogP contribution in [0.15, 0.2) is 77.5 Å². The van der Waals surface area contributed by atoms with Gasteiger partial charge in [0.2, 0.25) is 5.91 Å². The molecule has 0 aliphatic carbocycles. The first-order chi connectivity index (χ1) is 18.7. The third-order valence-electron chi connectivity index (χ3n) is 5.58. The summed E-state index contributed by atoms with van der Waals surface area (Å²) in [5.74, 6) is -0.338. The van der Waals surface area contributed by atoms with E-state index in [4.69, 9.17) is 19.0 Å². The second-order valence-corrected chi connectivity index (χ2v) is 11.4. The topological polar surface area (TPSA) is 150 Å². The van der Waals surface area contributed by atoms with Crippen molar-refractivity contribution < 1.29 is 26.9 Å². The molecule has 0 unspecified atom stereocenters. The van der Waals surface area contributed by atoms with Gasteiger partial charge in [-0.05, 0) is 41.1 Å². The Bertz CT molecular complexity index is 1500. The van der Waals surface area contributed by atoms with Gasteiger partial charge in [0.25, 0.3) is 0 Å². The Hall–Kier alpha value is -2.78. The summed E-state index contributed by atoms with van der Waals surface area (Å²) in [5, 5.41) is 15.3. The van der Waals surface area contributed by atoms with Gasteiger partial charge in [0, 0.05) is 41.4 Å². The fourth-order valence-corrected chi connectivity index (χ4v) is 5.84. The second kappa shape index (κ2) is 14.7. The minimum Gasteiger partial charge on any atom is -0.453 e. The van der Waals surface area contributed by atoms with Gasteiger partial charge in [0.05, 0.1) is 23.7 Å². The van der Waals surface area contributed by atoms with Gasteiger partial charge >= 0.3 is 16.4 Å². The quantitative estimate of drug-likeness (QED) is 0.221. The molecule has 4 N–H and O–H groups in total. The predicted molar refractivity (Wildman–Crippen MR) is 155 cm³/mol. The number of carbonyl (C=O) groups is 2.